The summed E-state index contributed by atoms with van der Waals surface area (Å²) in [6.07, 6.45) is 6.89. The lowest BCUT2D eigenvalue weighted by Crippen LogP contribution is -2.38. The molecule has 118 valence electrons. The molecule has 0 unspecified atom stereocenters. The molecule has 1 aromatic rings. The number of hydrogen-bond acceptors (Lipinski definition) is 4. The van der Waals surface area contributed by atoms with Crippen molar-refractivity contribution in [3.05, 3.63) is 24.7 Å². The Balaban J connectivity index is 1.62. The van der Waals surface area contributed by atoms with E-state index < -0.39 is 12.7 Å². The third kappa shape index (κ3) is 3.04. The highest BCUT2D eigenvalue weighted by atomic mass is 16.7. The molecule has 7 heteroatoms. The predicted octanol–water partition coefficient (Wildman–Crippen LogP) is 0.930. The third-order valence-electron chi connectivity index (χ3n) is 4.25. The zero-order valence-electron chi connectivity index (χ0n) is 13.2. The number of nitrogens with zero attached hydrogens (tertiary/aromatic N) is 3. The lowest BCUT2D eigenvalue weighted by Gasteiger charge is -2.26. The van der Waals surface area contributed by atoms with Crippen LogP contribution < -0.4 is 5.46 Å². The second kappa shape index (κ2) is 5.80. The van der Waals surface area contributed by atoms with Crippen molar-refractivity contribution in [3.8, 4) is 0 Å². The van der Waals surface area contributed by atoms with E-state index in [0.717, 1.165) is 31.4 Å². The van der Waals surface area contributed by atoms with E-state index >= 15 is 0 Å². The molecule has 6 nitrogen and oxygen atoms in total. The van der Waals surface area contributed by atoms with E-state index in [-0.39, 0.29) is 12.5 Å². The molecule has 3 rings (SSSR count). The van der Waals surface area contributed by atoms with Crippen LogP contribution in [0.15, 0.2) is 24.7 Å². The smallest absolute Gasteiger partial charge is 0.534 e. The molecule has 2 fully saturated rings. The molecular weight excluding hydrogens is 281 g/mol. The van der Waals surface area contributed by atoms with Crippen LogP contribution in [-0.4, -0.2) is 46.4 Å². The molecule has 22 heavy (non-hydrogen) atoms. The number of piperidine rings is 1. The Kier molecular flexibility index (Phi) is 3.99. The summed E-state index contributed by atoms with van der Waals surface area (Å²) in [7, 11) is -0.499. The molecule has 0 spiro atoms. The van der Waals surface area contributed by atoms with Gasteiger partial charge in [-0.25, -0.2) is 0 Å². The predicted molar refractivity (Wildman–Crippen MR) is 83.4 cm³/mol. The summed E-state index contributed by atoms with van der Waals surface area (Å²) in [5, 5.41) is 4.25. The van der Waals surface area contributed by atoms with Gasteiger partial charge in [-0.05, 0) is 33.1 Å². The first-order chi connectivity index (χ1) is 10.5. The van der Waals surface area contributed by atoms with Crippen LogP contribution in [0, 0.1) is 0 Å². The Hall–Kier alpha value is -1.76. The van der Waals surface area contributed by atoms with E-state index in [1.807, 2.05) is 18.7 Å². The minimum Gasteiger partial charge on any atom is -0.534 e. The minimum atomic E-state index is -0.504. The number of aromatic nitrogens is 2. The first kappa shape index (κ1) is 15.2. The summed E-state index contributed by atoms with van der Waals surface area (Å²) in [5.74, 6) is 0.724. The van der Waals surface area contributed by atoms with Crippen molar-refractivity contribution in [2.45, 2.75) is 45.3 Å². The highest BCUT2D eigenvalue weighted by molar-refractivity contribution is 6.62. The lowest BCUT2D eigenvalue weighted by molar-refractivity contribution is -0.132. The number of hydrogen-bond donors (Lipinski definition) is 0. The normalized spacial score (nSPS) is 21.1. The second-order valence-electron chi connectivity index (χ2n) is 6.41. The molecule has 0 aromatic carbocycles. The van der Waals surface area contributed by atoms with Gasteiger partial charge in [-0.3, -0.25) is 9.48 Å². The van der Waals surface area contributed by atoms with Gasteiger partial charge in [-0.2, -0.15) is 5.10 Å². The molecule has 2 aliphatic heterocycles. The molecule has 0 saturated carbocycles. The van der Waals surface area contributed by atoms with E-state index in [1.54, 1.807) is 17.1 Å². The summed E-state index contributed by atoms with van der Waals surface area (Å²) in [6.45, 7) is 9.67. The average Bonchev–Trinajstić information content (AvgIpc) is 3.05. The molecule has 1 aromatic heterocycles. The van der Waals surface area contributed by atoms with Crippen LogP contribution in [0.4, 0.5) is 0 Å². The van der Waals surface area contributed by atoms with Crippen LogP contribution in [0.1, 0.15) is 33.1 Å². The van der Waals surface area contributed by atoms with Crippen molar-refractivity contribution in [1.29, 1.82) is 0 Å². The van der Waals surface area contributed by atoms with Gasteiger partial charge in [0.05, 0.1) is 12.0 Å². The van der Waals surface area contributed by atoms with Gasteiger partial charge in [0.1, 0.15) is 12.1 Å². The molecular formula is C15H22BN3O3. The lowest BCUT2D eigenvalue weighted by atomic mass is 9.82. The fourth-order valence-electron chi connectivity index (χ4n) is 2.73. The number of carbonyl (C=O) groups is 1. The van der Waals surface area contributed by atoms with Gasteiger partial charge >= 0.3 is 7.12 Å². The van der Waals surface area contributed by atoms with Gasteiger partial charge in [0.25, 0.3) is 0 Å². The maximum Gasteiger partial charge on any atom is 0.566 e. The van der Waals surface area contributed by atoms with E-state index in [4.69, 9.17) is 9.31 Å². The molecule has 0 bridgehead atoms. The number of carbonyl (C=O) groups excluding carboxylic acids is 1. The average molecular weight is 303 g/mol. The summed E-state index contributed by atoms with van der Waals surface area (Å²) in [5.41, 5.74) is 0.300. The van der Waals surface area contributed by atoms with E-state index in [9.17, 15) is 4.79 Å². The van der Waals surface area contributed by atoms with Crippen molar-refractivity contribution < 1.29 is 14.1 Å². The van der Waals surface area contributed by atoms with Gasteiger partial charge in [-0.1, -0.05) is 6.58 Å². The Labute approximate surface area is 131 Å². The Morgan fingerprint density at radius 1 is 1.41 bits per heavy atom. The Morgan fingerprint density at radius 3 is 2.77 bits per heavy atom. The monoisotopic (exact) mass is 303 g/mol. The molecule has 1 amide bonds. The quantitative estimate of drug-likeness (QED) is 0.780. The molecule has 0 atom stereocenters. The topological polar surface area (TPSA) is 56.6 Å². The van der Waals surface area contributed by atoms with Crippen LogP contribution in [-0.2, 0) is 20.6 Å². The van der Waals surface area contributed by atoms with Gasteiger partial charge in [0.15, 0.2) is 0 Å². The number of amides is 1. The van der Waals surface area contributed by atoms with Gasteiger partial charge < -0.3 is 14.2 Å². The van der Waals surface area contributed by atoms with Crippen LogP contribution in [0.2, 0.25) is 0 Å². The van der Waals surface area contributed by atoms with Crippen molar-refractivity contribution in [3.63, 3.8) is 0 Å². The van der Waals surface area contributed by atoms with E-state index in [2.05, 4.69) is 11.7 Å². The molecule has 3 heterocycles. The van der Waals surface area contributed by atoms with Gasteiger partial charge in [0.2, 0.25) is 5.91 Å². The largest absolute Gasteiger partial charge is 0.566 e. The highest BCUT2D eigenvalue weighted by Crippen LogP contribution is 2.28. The van der Waals surface area contributed by atoms with Gasteiger partial charge in [-0.15, -0.1) is 0 Å². The maximum atomic E-state index is 12.2. The SMILES string of the molecule is C=C1OB(c2cnn(CC(=O)N3CCCCC3)c2)OC1(C)C. The summed E-state index contributed by atoms with van der Waals surface area (Å²) in [4.78, 5) is 14.2. The van der Waals surface area contributed by atoms with E-state index in [1.165, 1.54) is 6.42 Å². The molecule has 0 N–H and O–H groups in total. The summed E-state index contributed by atoms with van der Waals surface area (Å²) >= 11 is 0. The highest BCUT2D eigenvalue weighted by Gasteiger charge is 2.43. The summed E-state index contributed by atoms with van der Waals surface area (Å²) < 4.78 is 13.1. The Morgan fingerprint density at radius 2 is 2.14 bits per heavy atom. The molecule has 0 radical (unpaired) electrons. The molecule has 0 aliphatic carbocycles. The fourth-order valence-corrected chi connectivity index (χ4v) is 2.73. The van der Waals surface area contributed by atoms with Crippen LogP contribution >= 0.6 is 0 Å². The van der Waals surface area contributed by atoms with Crippen molar-refractivity contribution in [2.24, 2.45) is 0 Å². The maximum absolute atomic E-state index is 12.2. The zero-order valence-corrected chi connectivity index (χ0v) is 13.2. The van der Waals surface area contributed by atoms with Crippen molar-refractivity contribution in [1.82, 2.24) is 14.7 Å². The summed E-state index contributed by atoms with van der Waals surface area (Å²) in [6, 6.07) is 0. The standard InChI is InChI=1S/C15H22BN3O3/c1-12-15(2,3)22-16(21-12)13-9-17-19(10-13)11-14(20)18-7-5-4-6-8-18/h9-10H,1,4-8,11H2,2-3H3. The third-order valence-corrected chi connectivity index (χ3v) is 4.25. The van der Waals surface area contributed by atoms with Gasteiger partial charge in [0, 0.05) is 24.7 Å². The number of likely N-dealkylation sites (tertiary alicyclic amines) is 1. The van der Waals surface area contributed by atoms with E-state index in [0.29, 0.717) is 5.76 Å². The number of rotatable bonds is 3. The fraction of sp³-hybridized carbons (Fsp3) is 0.600. The van der Waals surface area contributed by atoms with Crippen molar-refractivity contribution in [2.75, 3.05) is 13.1 Å². The molecule has 2 aliphatic rings. The first-order valence-electron chi connectivity index (χ1n) is 7.80. The van der Waals surface area contributed by atoms with Crippen LogP contribution in [0.3, 0.4) is 0 Å². The second-order valence-corrected chi connectivity index (χ2v) is 6.41. The minimum absolute atomic E-state index is 0.118. The molecule has 2 saturated heterocycles. The zero-order chi connectivity index (χ0) is 15.7. The Bertz CT molecular complexity index is 578. The van der Waals surface area contributed by atoms with Crippen LogP contribution in [0.5, 0.6) is 0 Å². The van der Waals surface area contributed by atoms with Crippen molar-refractivity contribution >= 4 is 18.5 Å². The first-order valence-corrected chi connectivity index (χ1v) is 7.80. The van der Waals surface area contributed by atoms with Crippen LogP contribution in [0.25, 0.3) is 0 Å².